The first kappa shape index (κ1) is 13.1. The molecule has 0 saturated heterocycles. The van der Waals surface area contributed by atoms with Crippen LogP contribution in [0.5, 0.6) is 0 Å². The smallest absolute Gasteiger partial charge is 0.0460 e. The molecule has 0 fully saturated rings. The first-order valence-electron chi connectivity index (χ1n) is 7.57. The summed E-state index contributed by atoms with van der Waals surface area (Å²) < 4.78 is 0. The van der Waals surface area contributed by atoms with E-state index in [1.807, 2.05) is 6.07 Å². The van der Waals surface area contributed by atoms with Gasteiger partial charge >= 0.3 is 0 Å². The summed E-state index contributed by atoms with van der Waals surface area (Å²) in [6.45, 7) is 2.28. The number of hydrogen-bond acceptors (Lipinski definition) is 0. The predicted molar refractivity (Wildman–Crippen MR) is 83.0 cm³/mol. The Kier molecular flexibility index (Phi) is 3.83. The summed E-state index contributed by atoms with van der Waals surface area (Å²) in [5.74, 6) is 0.877. The van der Waals surface area contributed by atoms with Crippen molar-refractivity contribution in [3.63, 3.8) is 0 Å². The van der Waals surface area contributed by atoms with Gasteiger partial charge in [0.15, 0.2) is 0 Å². The third-order valence-corrected chi connectivity index (χ3v) is 4.70. The summed E-state index contributed by atoms with van der Waals surface area (Å²) in [5.41, 5.74) is 4.23. The molecule has 3 rings (SSSR count). The second-order valence-electron chi connectivity index (χ2n) is 5.88. The van der Waals surface area contributed by atoms with Crippen LogP contribution in [0.1, 0.15) is 50.3 Å². The normalized spacial score (nSPS) is 18.7. The molecule has 0 amide bonds. The first-order chi connectivity index (χ1) is 9.28. The molecule has 1 unspecified atom stereocenters. The molecule has 1 aromatic carbocycles. The maximum absolute atomic E-state index is 6.12. The molecule has 1 N–H and O–H groups in total. The monoisotopic (exact) mass is 275 g/mol. The van der Waals surface area contributed by atoms with Crippen LogP contribution < -0.4 is 0 Å². The van der Waals surface area contributed by atoms with E-state index in [0.717, 1.165) is 10.9 Å². The van der Waals surface area contributed by atoms with Crippen LogP contribution in [-0.2, 0) is 12.8 Å². The Bertz CT molecular complexity index is 570. The standard InChI is InChI=1S/C17H22ClN/c1-2-3-4-5-12-6-8-14-15-11-13(18)7-9-16(15)19-17(14)10-12/h7,9,11-12,19H,2-6,8,10H2,1H3. The summed E-state index contributed by atoms with van der Waals surface area (Å²) >= 11 is 6.12. The molecule has 1 nitrogen and oxygen atoms in total. The number of aryl methyl sites for hydroxylation is 1. The topological polar surface area (TPSA) is 15.8 Å². The molecule has 0 bridgehead atoms. The number of fused-ring (bicyclic) bond motifs is 3. The average Bonchev–Trinajstić information content (AvgIpc) is 2.76. The third kappa shape index (κ3) is 2.67. The van der Waals surface area contributed by atoms with E-state index in [1.165, 1.54) is 67.1 Å². The van der Waals surface area contributed by atoms with E-state index in [9.17, 15) is 0 Å². The van der Waals surface area contributed by atoms with Crippen molar-refractivity contribution in [1.82, 2.24) is 4.98 Å². The summed E-state index contributed by atoms with van der Waals surface area (Å²) in [7, 11) is 0. The van der Waals surface area contributed by atoms with Crippen molar-refractivity contribution >= 4 is 22.5 Å². The van der Waals surface area contributed by atoms with Gasteiger partial charge in [0.2, 0.25) is 0 Å². The summed E-state index contributed by atoms with van der Waals surface area (Å²) in [4.78, 5) is 3.60. The predicted octanol–water partition coefficient (Wildman–Crippen LogP) is 5.51. The Balaban J connectivity index is 1.80. The third-order valence-electron chi connectivity index (χ3n) is 4.47. The fourth-order valence-electron chi connectivity index (χ4n) is 3.40. The zero-order valence-corrected chi connectivity index (χ0v) is 12.4. The van der Waals surface area contributed by atoms with Crippen LogP contribution in [0.15, 0.2) is 18.2 Å². The van der Waals surface area contributed by atoms with Gasteiger partial charge in [-0.2, -0.15) is 0 Å². The van der Waals surface area contributed by atoms with Crippen LogP contribution in [-0.4, -0.2) is 4.98 Å². The van der Waals surface area contributed by atoms with E-state index in [2.05, 4.69) is 24.0 Å². The van der Waals surface area contributed by atoms with E-state index < -0.39 is 0 Å². The maximum atomic E-state index is 6.12. The van der Waals surface area contributed by atoms with Gasteiger partial charge in [-0.25, -0.2) is 0 Å². The number of hydrogen-bond donors (Lipinski definition) is 1. The minimum atomic E-state index is 0.847. The Labute approximate surface area is 120 Å². The van der Waals surface area contributed by atoms with Crippen LogP contribution >= 0.6 is 11.6 Å². The molecule has 0 saturated carbocycles. The SMILES string of the molecule is CCCCCC1CCc2c([nH]c3ccc(Cl)cc23)C1. The molecule has 2 heteroatoms. The number of unbranched alkanes of at least 4 members (excludes halogenated alkanes) is 2. The van der Waals surface area contributed by atoms with Crippen molar-refractivity contribution in [2.75, 3.05) is 0 Å². The minimum absolute atomic E-state index is 0.847. The minimum Gasteiger partial charge on any atom is -0.358 e. The van der Waals surface area contributed by atoms with Gasteiger partial charge in [-0.1, -0.05) is 44.2 Å². The summed E-state index contributed by atoms with van der Waals surface area (Å²) in [5, 5.41) is 2.19. The number of aromatic nitrogens is 1. The van der Waals surface area contributed by atoms with Gasteiger partial charge in [-0.15, -0.1) is 0 Å². The van der Waals surface area contributed by atoms with Crippen molar-refractivity contribution in [2.24, 2.45) is 5.92 Å². The number of rotatable bonds is 4. The molecular weight excluding hydrogens is 254 g/mol. The lowest BCUT2D eigenvalue weighted by atomic mass is 9.84. The zero-order chi connectivity index (χ0) is 13.2. The molecule has 1 aliphatic carbocycles. The summed E-state index contributed by atoms with van der Waals surface area (Å²) in [6.07, 6.45) is 9.27. The number of halogens is 1. The second kappa shape index (κ2) is 5.58. The van der Waals surface area contributed by atoms with E-state index in [-0.39, 0.29) is 0 Å². The highest BCUT2D eigenvalue weighted by atomic mass is 35.5. The molecule has 19 heavy (non-hydrogen) atoms. The lowest BCUT2D eigenvalue weighted by Crippen LogP contribution is -2.13. The number of benzene rings is 1. The molecular formula is C17H22ClN. The Morgan fingerprint density at radius 1 is 1.32 bits per heavy atom. The van der Waals surface area contributed by atoms with E-state index in [1.54, 1.807) is 0 Å². The molecule has 0 spiro atoms. The fraction of sp³-hybridized carbons (Fsp3) is 0.529. The number of nitrogens with one attached hydrogen (secondary N) is 1. The van der Waals surface area contributed by atoms with Gasteiger partial charge in [-0.05, 0) is 48.9 Å². The van der Waals surface area contributed by atoms with Crippen LogP contribution in [0.3, 0.4) is 0 Å². The maximum Gasteiger partial charge on any atom is 0.0460 e. The average molecular weight is 276 g/mol. The van der Waals surface area contributed by atoms with Crippen LogP contribution in [0.2, 0.25) is 5.02 Å². The Morgan fingerprint density at radius 3 is 3.05 bits per heavy atom. The van der Waals surface area contributed by atoms with Crippen LogP contribution in [0, 0.1) is 5.92 Å². The Morgan fingerprint density at radius 2 is 2.21 bits per heavy atom. The molecule has 0 radical (unpaired) electrons. The first-order valence-corrected chi connectivity index (χ1v) is 7.94. The van der Waals surface area contributed by atoms with Gasteiger partial charge in [0.25, 0.3) is 0 Å². The lowest BCUT2D eigenvalue weighted by molar-refractivity contribution is 0.406. The van der Waals surface area contributed by atoms with Crippen molar-refractivity contribution in [3.05, 3.63) is 34.5 Å². The van der Waals surface area contributed by atoms with Crippen molar-refractivity contribution in [2.45, 2.75) is 51.9 Å². The molecule has 0 aliphatic heterocycles. The van der Waals surface area contributed by atoms with E-state index in [4.69, 9.17) is 11.6 Å². The van der Waals surface area contributed by atoms with E-state index >= 15 is 0 Å². The van der Waals surface area contributed by atoms with Gasteiger partial charge in [-0.3, -0.25) is 0 Å². The molecule has 1 atom stereocenters. The largest absolute Gasteiger partial charge is 0.358 e. The van der Waals surface area contributed by atoms with Gasteiger partial charge in [0.05, 0.1) is 0 Å². The van der Waals surface area contributed by atoms with Crippen molar-refractivity contribution < 1.29 is 0 Å². The molecule has 1 aliphatic rings. The Hall–Kier alpha value is -0.950. The highest BCUT2D eigenvalue weighted by Crippen LogP contribution is 2.34. The lowest BCUT2D eigenvalue weighted by Gasteiger charge is -2.22. The second-order valence-corrected chi connectivity index (χ2v) is 6.31. The fourth-order valence-corrected chi connectivity index (χ4v) is 3.58. The molecule has 2 aromatic rings. The summed E-state index contributed by atoms with van der Waals surface area (Å²) in [6, 6.07) is 6.20. The van der Waals surface area contributed by atoms with Crippen molar-refractivity contribution in [3.8, 4) is 0 Å². The van der Waals surface area contributed by atoms with Crippen molar-refractivity contribution in [1.29, 1.82) is 0 Å². The van der Waals surface area contributed by atoms with Gasteiger partial charge < -0.3 is 4.98 Å². The molecule has 102 valence electrons. The highest BCUT2D eigenvalue weighted by molar-refractivity contribution is 6.31. The quantitative estimate of drug-likeness (QED) is 0.709. The zero-order valence-electron chi connectivity index (χ0n) is 11.6. The van der Waals surface area contributed by atoms with Crippen LogP contribution in [0.25, 0.3) is 10.9 Å². The van der Waals surface area contributed by atoms with Gasteiger partial charge in [0.1, 0.15) is 0 Å². The molecule has 1 heterocycles. The van der Waals surface area contributed by atoms with Crippen LogP contribution in [0.4, 0.5) is 0 Å². The number of H-pyrrole nitrogens is 1. The highest BCUT2D eigenvalue weighted by Gasteiger charge is 2.22. The number of aromatic amines is 1. The van der Waals surface area contributed by atoms with E-state index in [0.29, 0.717) is 0 Å². The molecule has 1 aromatic heterocycles. The van der Waals surface area contributed by atoms with Gasteiger partial charge in [0, 0.05) is 21.6 Å².